The number of ether oxygens (including phenoxy) is 3. The number of pyridine rings is 1. The lowest BCUT2D eigenvalue weighted by Crippen LogP contribution is -2.31. The molecule has 1 atom stereocenters. The fraction of sp³-hybridized carbons (Fsp3) is 0.435. The summed E-state index contributed by atoms with van der Waals surface area (Å²) >= 11 is 0. The van der Waals surface area contributed by atoms with E-state index in [1.54, 1.807) is 14.2 Å². The fourth-order valence-corrected chi connectivity index (χ4v) is 4.07. The van der Waals surface area contributed by atoms with Crippen molar-refractivity contribution in [3.8, 4) is 28.6 Å². The van der Waals surface area contributed by atoms with Crippen LogP contribution < -0.4 is 14.2 Å². The Bertz CT molecular complexity index is 850. The molecule has 2 heterocycles. The van der Waals surface area contributed by atoms with Crippen molar-refractivity contribution in [1.29, 1.82) is 0 Å². The highest BCUT2D eigenvalue weighted by Gasteiger charge is 2.23. The van der Waals surface area contributed by atoms with Gasteiger partial charge in [0, 0.05) is 36.8 Å². The van der Waals surface area contributed by atoms with Gasteiger partial charge < -0.3 is 14.2 Å². The van der Waals surface area contributed by atoms with Gasteiger partial charge in [-0.1, -0.05) is 18.2 Å². The quantitative estimate of drug-likeness (QED) is 0.723. The van der Waals surface area contributed by atoms with Crippen LogP contribution in [-0.4, -0.2) is 43.8 Å². The standard InChI is InChI=1S/C23H28N2O3/c1-26-21-14-18(20-9-6-10-22(24-20)27-2)13-19-16-25(11-12-28-23(19)21)15-17-7-4-3-5-8-17/h3-4,6,9-10,13-14,17H,5,7-8,11-12,15-16H2,1-2H3/t17-/m1/s1. The van der Waals surface area contributed by atoms with Crippen molar-refractivity contribution in [2.75, 3.05) is 33.9 Å². The number of allylic oxidation sites excluding steroid dienone is 2. The van der Waals surface area contributed by atoms with Crippen LogP contribution in [0.1, 0.15) is 24.8 Å². The highest BCUT2D eigenvalue weighted by Crippen LogP contribution is 2.38. The largest absolute Gasteiger partial charge is 0.493 e. The van der Waals surface area contributed by atoms with Crippen LogP contribution in [-0.2, 0) is 6.54 Å². The van der Waals surface area contributed by atoms with Crippen LogP contribution in [0.15, 0.2) is 42.5 Å². The zero-order valence-corrected chi connectivity index (χ0v) is 16.7. The van der Waals surface area contributed by atoms with Crippen LogP contribution in [0.25, 0.3) is 11.3 Å². The molecule has 0 N–H and O–H groups in total. The molecule has 0 spiro atoms. The van der Waals surface area contributed by atoms with Gasteiger partial charge in [0.2, 0.25) is 5.88 Å². The lowest BCUT2D eigenvalue weighted by molar-refractivity contribution is 0.191. The van der Waals surface area contributed by atoms with E-state index in [9.17, 15) is 0 Å². The summed E-state index contributed by atoms with van der Waals surface area (Å²) in [6, 6.07) is 9.99. The molecular formula is C23H28N2O3. The summed E-state index contributed by atoms with van der Waals surface area (Å²) in [5, 5.41) is 0. The SMILES string of the molecule is COc1cccc(-c2cc3c(c(OC)c2)OCCN(C[C@@H]2CC=CCC2)C3)n1. The Hall–Kier alpha value is -2.53. The topological polar surface area (TPSA) is 43.8 Å². The number of hydrogen-bond donors (Lipinski definition) is 0. The van der Waals surface area contributed by atoms with Crippen molar-refractivity contribution < 1.29 is 14.2 Å². The van der Waals surface area contributed by atoms with Crippen molar-refractivity contribution in [2.45, 2.75) is 25.8 Å². The third kappa shape index (κ3) is 4.14. The molecule has 2 aromatic rings. The minimum Gasteiger partial charge on any atom is -0.493 e. The molecule has 0 amide bonds. The van der Waals surface area contributed by atoms with Crippen LogP contribution in [0, 0.1) is 5.92 Å². The number of methoxy groups -OCH3 is 2. The van der Waals surface area contributed by atoms with Gasteiger partial charge >= 0.3 is 0 Å². The monoisotopic (exact) mass is 380 g/mol. The summed E-state index contributed by atoms with van der Waals surface area (Å²) in [5.41, 5.74) is 3.04. The fourth-order valence-electron chi connectivity index (χ4n) is 4.07. The zero-order valence-electron chi connectivity index (χ0n) is 16.7. The van der Waals surface area contributed by atoms with Crippen molar-refractivity contribution in [1.82, 2.24) is 9.88 Å². The number of benzene rings is 1. The molecule has 28 heavy (non-hydrogen) atoms. The van der Waals surface area contributed by atoms with E-state index in [-0.39, 0.29) is 0 Å². The average molecular weight is 380 g/mol. The maximum absolute atomic E-state index is 6.10. The van der Waals surface area contributed by atoms with Crippen molar-refractivity contribution in [2.24, 2.45) is 5.92 Å². The summed E-state index contributed by atoms with van der Waals surface area (Å²) in [4.78, 5) is 7.09. The molecule has 0 unspecified atom stereocenters. The van der Waals surface area contributed by atoms with E-state index in [4.69, 9.17) is 14.2 Å². The van der Waals surface area contributed by atoms with Crippen LogP contribution in [0.3, 0.4) is 0 Å². The summed E-state index contributed by atoms with van der Waals surface area (Å²) in [6.45, 7) is 3.59. The molecule has 5 heteroatoms. The Morgan fingerprint density at radius 2 is 2.11 bits per heavy atom. The van der Waals surface area contributed by atoms with E-state index in [2.05, 4.69) is 28.1 Å². The van der Waals surface area contributed by atoms with Gasteiger partial charge in [0.25, 0.3) is 0 Å². The molecule has 2 aliphatic rings. The highest BCUT2D eigenvalue weighted by molar-refractivity contribution is 5.67. The molecule has 0 saturated heterocycles. The first-order valence-electron chi connectivity index (χ1n) is 9.99. The van der Waals surface area contributed by atoms with Crippen LogP contribution in [0.2, 0.25) is 0 Å². The summed E-state index contributed by atoms with van der Waals surface area (Å²) in [6.07, 6.45) is 8.28. The van der Waals surface area contributed by atoms with E-state index >= 15 is 0 Å². The lowest BCUT2D eigenvalue weighted by Gasteiger charge is -2.26. The van der Waals surface area contributed by atoms with Gasteiger partial charge in [0.1, 0.15) is 6.61 Å². The first kappa shape index (κ1) is 18.8. The molecule has 5 nitrogen and oxygen atoms in total. The highest BCUT2D eigenvalue weighted by atomic mass is 16.5. The third-order valence-electron chi connectivity index (χ3n) is 5.52. The first-order valence-corrected chi connectivity index (χ1v) is 9.99. The van der Waals surface area contributed by atoms with Gasteiger partial charge in [-0.2, -0.15) is 0 Å². The maximum Gasteiger partial charge on any atom is 0.213 e. The molecule has 1 aliphatic heterocycles. The molecule has 0 fully saturated rings. The van der Waals surface area contributed by atoms with Crippen LogP contribution >= 0.6 is 0 Å². The number of hydrogen-bond acceptors (Lipinski definition) is 5. The smallest absolute Gasteiger partial charge is 0.213 e. The average Bonchev–Trinajstić information content (AvgIpc) is 2.95. The molecule has 0 saturated carbocycles. The predicted octanol–water partition coefficient (Wildman–Crippen LogP) is 4.32. The number of fused-ring (bicyclic) bond motifs is 1. The molecule has 4 rings (SSSR count). The molecule has 1 aliphatic carbocycles. The second-order valence-electron chi connectivity index (χ2n) is 7.47. The number of rotatable bonds is 5. The zero-order chi connectivity index (χ0) is 19.3. The Balaban J connectivity index is 1.63. The van der Waals surface area contributed by atoms with Crippen molar-refractivity contribution in [3.63, 3.8) is 0 Å². The summed E-state index contributed by atoms with van der Waals surface area (Å²) in [5.74, 6) is 2.96. The van der Waals surface area contributed by atoms with Gasteiger partial charge in [0.05, 0.1) is 19.9 Å². The Kier molecular flexibility index (Phi) is 5.81. The minimum absolute atomic E-state index is 0.606. The minimum atomic E-state index is 0.606. The van der Waals surface area contributed by atoms with Gasteiger partial charge in [-0.15, -0.1) is 0 Å². The molecule has 148 valence electrons. The van der Waals surface area contributed by atoms with Crippen molar-refractivity contribution in [3.05, 3.63) is 48.0 Å². The van der Waals surface area contributed by atoms with E-state index in [0.29, 0.717) is 12.5 Å². The number of nitrogens with zero attached hydrogens (tertiary/aromatic N) is 2. The predicted molar refractivity (Wildman–Crippen MR) is 110 cm³/mol. The molecule has 0 radical (unpaired) electrons. The Morgan fingerprint density at radius 1 is 1.18 bits per heavy atom. The van der Waals surface area contributed by atoms with Gasteiger partial charge in [0.15, 0.2) is 11.5 Å². The van der Waals surface area contributed by atoms with Gasteiger partial charge in [-0.05, 0) is 43.4 Å². The van der Waals surface area contributed by atoms with E-state index in [1.165, 1.54) is 19.3 Å². The van der Waals surface area contributed by atoms with Crippen LogP contribution in [0.5, 0.6) is 17.4 Å². The van der Waals surface area contributed by atoms with Gasteiger partial charge in [-0.25, -0.2) is 4.98 Å². The molecular weight excluding hydrogens is 352 g/mol. The second-order valence-corrected chi connectivity index (χ2v) is 7.47. The maximum atomic E-state index is 6.10. The third-order valence-corrected chi connectivity index (χ3v) is 5.52. The van der Waals surface area contributed by atoms with E-state index < -0.39 is 0 Å². The number of aromatic nitrogens is 1. The normalized spacial score (nSPS) is 19.4. The molecule has 1 aromatic carbocycles. The summed E-state index contributed by atoms with van der Waals surface area (Å²) < 4.78 is 17.0. The second kappa shape index (κ2) is 8.65. The Labute approximate surface area is 166 Å². The lowest BCUT2D eigenvalue weighted by atomic mass is 9.93. The molecule has 1 aromatic heterocycles. The van der Waals surface area contributed by atoms with Crippen molar-refractivity contribution >= 4 is 0 Å². The van der Waals surface area contributed by atoms with E-state index in [0.717, 1.165) is 53.9 Å². The van der Waals surface area contributed by atoms with Crippen LogP contribution in [0.4, 0.5) is 0 Å². The van der Waals surface area contributed by atoms with Gasteiger partial charge in [-0.3, -0.25) is 4.90 Å². The summed E-state index contributed by atoms with van der Waals surface area (Å²) in [7, 11) is 3.33. The first-order chi connectivity index (χ1) is 13.8. The Morgan fingerprint density at radius 3 is 2.89 bits per heavy atom. The molecule has 0 bridgehead atoms. The van der Waals surface area contributed by atoms with E-state index in [1.807, 2.05) is 24.3 Å².